The summed E-state index contributed by atoms with van der Waals surface area (Å²) in [6.45, 7) is 1.74. The summed E-state index contributed by atoms with van der Waals surface area (Å²) in [6, 6.07) is 7.29. The first-order chi connectivity index (χ1) is 9.43. The molecule has 0 saturated carbocycles. The third-order valence-electron chi connectivity index (χ3n) is 3.75. The SMILES string of the molecule is CN1CCC(NC(=O)c2cccc(Br)c2)(C(N)=S)CC1. The van der Waals surface area contributed by atoms with Crippen LogP contribution in [0.15, 0.2) is 28.7 Å². The lowest BCUT2D eigenvalue weighted by Gasteiger charge is -2.40. The van der Waals surface area contributed by atoms with Gasteiger partial charge in [-0.25, -0.2) is 0 Å². The van der Waals surface area contributed by atoms with Gasteiger partial charge in [-0.05, 0) is 38.1 Å². The topological polar surface area (TPSA) is 58.4 Å². The number of likely N-dealkylation sites (tertiary alicyclic amines) is 1. The van der Waals surface area contributed by atoms with Gasteiger partial charge >= 0.3 is 0 Å². The van der Waals surface area contributed by atoms with E-state index in [1.54, 1.807) is 12.1 Å². The Labute approximate surface area is 132 Å². The summed E-state index contributed by atoms with van der Waals surface area (Å²) in [6.07, 6.45) is 1.50. The summed E-state index contributed by atoms with van der Waals surface area (Å²) in [4.78, 5) is 15.0. The number of hydrogen-bond donors (Lipinski definition) is 2. The summed E-state index contributed by atoms with van der Waals surface area (Å²) in [7, 11) is 2.06. The van der Waals surface area contributed by atoms with Crippen LogP contribution in [0.2, 0.25) is 0 Å². The monoisotopic (exact) mass is 355 g/mol. The van der Waals surface area contributed by atoms with Crippen LogP contribution < -0.4 is 11.1 Å². The number of hydrogen-bond acceptors (Lipinski definition) is 3. The molecule has 1 amide bonds. The maximum Gasteiger partial charge on any atom is 0.252 e. The number of piperidine rings is 1. The van der Waals surface area contributed by atoms with Crippen molar-refractivity contribution in [2.24, 2.45) is 5.73 Å². The molecule has 0 atom stereocenters. The molecule has 0 spiro atoms. The molecule has 0 aliphatic carbocycles. The Balaban J connectivity index is 2.17. The van der Waals surface area contributed by atoms with Crippen LogP contribution in [-0.4, -0.2) is 41.5 Å². The van der Waals surface area contributed by atoms with Crippen molar-refractivity contribution >= 4 is 39.0 Å². The molecule has 0 radical (unpaired) electrons. The number of thiocarbonyl (C=S) groups is 1. The van der Waals surface area contributed by atoms with Crippen LogP contribution in [0.3, 0.4) is 0 Å². The minimum absolute atomic E-state index is 0.136. The number of carbonyl (C=O) groups is 1. The zero-order valence-electron chi connectivity index (χ0n) is 11.4. The smallest absolute Gasteiger partial charge is 0.252 e. The van der Waals surface area contributed by atoms with Gasteiger partial charge in [0.1, 0.15) is 0 Å². The Morgan fingerprint density at radius 2 is 2.10 bits per heavy atom. The van der Waals surface area contributed by atoms with Crippen molar-refractivity contribution in [1.82, 2.24) is 10.2 Å². The summed E-state index contributed by atoms with van der Waals surface area (Å²) in [5, 5.41) is 3.04. The van der Waals surface area contributed by atoms with Gasteiger partial charge in [-0.1, -0.05) is 34.2 Å². The minimum atomic E-state index is -0.568. The number of halogens is 1. The van der Waals surface area contributed by atoms with Gasteiger partial charge < -0.3 is 16.0 Å². The zero-order valence-corrected chi connectivity index (χ0v) is 13.8. The average molecular weight is 356 g/mol. The van der Waals surface area contributed by atoms with Gasteiger partial charge in [-0.15, -0.1) is 0 Å². The van der Waals surface area contributed by atoms with Crippen molar-refractivity contribution < 1.29 is 4.79 Å². The lowest BCUT2D eigenvalue weighted by Crippen LogP contribution is -2.61. The van der Waals surface area contributed by atoms with E-state index < -0.39 is 5.54 Å². The highest BCUT2D eigenvalue weighted by Gasteiger charge is 2.38. The van der Waals surface area contributed by atoms with Crippen LogP contribution in [0.4, 0.5) is 0 Å². The van der Waals surface area contributed by atoms with Crippen molar-refractivity contribution in [1.29, 1.82) is 0 Å². The van der Waals surface area contributed by atoms with Gasteiger partial charge in [0.15, 0.2) is 0 Å². The number of rotatable bonds is 3. The molecule has 1 aromatic carbocycles. The van der Waals surface area contributed by atoms with Gasteiger partial charge in [0, 0.05) is 23.1 Å². The third kappa shape index (κ3) is 3.37. The lowest BCUT2D eigenvalue weighted by atomic mass is 9.87. The van der Waals surface area contributed by atoms with Crippen molar-refractivity contribution in [3.63, 3.8) is 0 Å². The molecule has 1 aromatic rings. The summed E-state index contributed by atoms with van der Waals surface area (Å²) in [5.74, 6) is -0.136. The largest absolute Gasteiger partial charge is 0.391 e. The molecule has 1 aliphatic rings. The van der Waals surface area contributed by atoms with Crippen LogP contribution in [0.25, 0.3) is 0 Å². The summed E-state index contributed by atoms with van der Waals surface area (Å²) in [5.41, 5.74) is 5.93. The van der Waals surface area contributed by atoms with Crippen LogP contribution in [-0.2, 0) is 0 Å². The van der Waals surface area contributed by atoms with E-state index in [0.29, 0.717) is 10.6 Å². The molecular weight excluding hydrogens is 338 g/mol. The second kappa shape index (κ2) is 6.20. The van der Waals surface area contributed by atoms with Crippen molar-refractivity contribution in [2.45, 2.75) is 18.4 Å². The molecule has 1 fully saturated rings. The Kier molecular flexibility index (Phi) is 4.78. The maximum absolute atomic E-state index is 12.4. The van der Waals surface area contributed by atoms with E-state index in [1.807, 2.05) is 12.1 Å². The number of nitrogens with two attached hydrogens (primary N) is 1. The second-order valence-corrected chi connectivity index (χ2v) is 6.57. The molecule has 1 saturated heterocycles. The fourth-order valence-electron chi connectivity index (χ4n) is 2.35. The highest BCUT2D eigenvalue weighted by molar-refractivity contribution is 9.10. The average Bonchev–Trinajstić information content (AvgIpc) is 2.41. The number of benzene rings is 1. The van der Waals surface area contributed by atoms with Crippen LogP contribution in [0, 0.1) is 0 Å². The molecule has 4 nitrogen and oxygen atoms in total. The van der Waals surface area contributed by atoms with Crippen LogP contribution in [0.5, 0.6) is 0 Å². The van der Waals surface area contributed by atoms with Gasteiger partial charge in [0.05, 0.1) is 10.5 Å². The van der Waals surface area contributed by atoms with Gasteiger partial charge in [0.2, 0.25) is 0 Å². The van der Waals surface area contributed by atoms with E-state index in [2.05, 4.69) is 33.2 Å². The Hall–Kier alpha value is -0.980. The Bertz CT molecular complexity index is 527. The fraction of sp³-hybridized carbons (Fsp3) is 0.429. The zero-order chi connectivity index (χ0) is 14.8. The number of nitrogens with zero attached hydrogens (tertiary/aromatic N) is 1. The molecule has 20 heavy (non-hydrogen) atoms. The van der Waals surface area contributed by atoms with Gasteiger partial charge in [-0.3, -0.25) is 4.79 Å². The normalized spacial score (nSPS) is 18.5. The number of amides is 1. The van der Waals surface area contributed by atoms with Crippen LogP contribution >= 0.6 is 28.1 Å². The van der Waals surface area contributed by atoms with Crippen molar-refractivity contribution in [3.05, 3.63) is 34.3 Å². The maximum atomic E-state index is 12.4. The molecule has 1 heterocycles. The minimum Gasteiger partial charge on any atom is -0.391 e. The van der Waals surface area contributed by atoms with E-state index in [1.165, 1.54) is 0 Å². The fourth-order valence-corrected chi connectivity index (χ4v) is 3.01. The predicted molar refractivity (Wildman–Crippen MR) is 87.9 cm³/mol. The van der Waals surface area contributed by atoms with E-state index >= 15 is 0 Å². The molecule has 0 bridgehead atoms. The Morgan fingerprint density at radius 1 is 1.45 bits per heavy atom. The second-order valence-electron chi connectivity index (χ2n) is 5.21. The quantitative estimate of drug-likeness (QED) is 0.813. The van der Waals surface area contributed by atoms with E-state index in [0.717, 1.165) is 30.4 Å². The van der Waals surface area contributed by atoms with Crippen LogP contribution in [0.1, 0.15) is 23.2 Å². The lowest BCUT2D eigenvalue weighted by molar-refractivity contribution is 0.0890. The van der Waals surface area contributed by atoms with Gasteiger partial charge in [-0.2, -0.15) is 0 Å². The molecule has 108 valence electrons. The van der Waals surface area contributed by atoms with Gasteiger partial charge in [0.25, 0.3) is 5.91 Å². The van der Waals surface area contributed by atoms with E-state index in [9.17, 15) is 4.79 Å². The molecule has 0 unspecified atom stereocenters. The van der Waals surface area contributed by atoms with E-state index in [-0.39, 0.29) is 5.91 Å². The molecule has 2 rings (SSSR count). The predicted octanol–water partition coefficient (Wildman–Crippen LogP) is 1.93. The molecule has 3 N–H and O–H groups in total. The summed E-state index contributed by atoms with van der Waals surface area (Å²) >= 11 is 8.56. The van der Waals surface area contributed by atoms with E-state index in [4.69, 9.17) is 18.0 Å². The first-order valence-electron chi connectivity index (χ1n) is 6.49. The highest BCUT2D eigenvalue weighted by atomic mass is 79.9. The first kappa shape index (κ1) is 15.4. The molecule has 0 aromatic heterocycles. The third-order valence-corrected chi connectivity index (χ3v) is 4.64. The first-order valence-corrected chi connectivity index (χ1v) is 7.70. The molecular formula is C14H18BrN3OS. The number of nitrogens with one attached hydrogen (secondary N) is 1. The van der Waals surface area contributed by atoms with Crippen molar-refractivity contribution in [2.75, 3.05) is 20.1 Å². The molecule has 1 aliphatic heterocycles. The standard InChI is InChI=1S/C14H18BrN3OS/c1-18-7-5-14(6-8-18,13(16)20)17-12(19)10-3-2-4-11(15)9-10/h2-4,9H,5-8H2,1H3,(H2,16,20)(H,17,19). The Morgan fingerprint density at radius 3 is 2.65 bits per heavy atom. The highest BCUT2D eigenvalue weighted by Crippen LogP contribution is 2.23. The molecule has 6 heteroatoms. The summed E-state index contributed by atoms with van der Waals surface area (Å²) < 4.78 is 0.873. The van der Waals surface area contributed by atoms with Crippen molar-refractivity contribution in [3.8, 4) is 0 Å². The number of carbonyl (C=O) groups excluding carboxylic acids is 1.